The van der Waals surface area contributed by atoms with E-state index < -0.39 is 16.1 Å². The normalized spacial score (nSPS) is 23.9. The third-order valence-corrected chi connectivity index (χ3v) is 5.91. The highest BCUT2D eigenvalue weighted by atomic mass is 32.2. The minimum absolute atomic E-state index is 0.175. The first kappa shape index (κ1) is 16.4. The molecule has 1 saturated heterocycles. The summed E-state index contributed by atoms with van der Waals surface area (Å²) in [6.45, 7) is 4.54. The largest absolute Gasteiger partial charge is 0.392 e. The monoisotopic (exact) mass is 312 g/mol. The first-order valence-electron chi connectivity index (χ1n) is 7.13. The molecule has 6 heteroatoms. The van der Waals surface area contributed by atoms with Gasteiger partial charge >= 0.3 is 0 Å². The third kappa shape index (κ3) is 3.45. The first-order valence-corrected chi connectivity index (χ1v) is 8.57. The molecule has 0 spiro atoms. The number of nitrogens with zero attached hydrogens (tertiary/aromatic N) is 2. The summed E-state index contributed by atoms with van der Waals surface area (Å²) in [5.74, 6) is 0. The van der Waals surface area contributed by atoms with Crippen molar-refractivity contribution in [3.05, 3.63) is 29.3 Å². The van der Waals surface area contributed by atoms with Crippen molar-refractivity contribution in [2.45, 2.75) is 37.3 Å². The average molecular weight is 312 g/mol. The van der Waals surface area contributed by atoms with Gasteiger partial charge < -0.3 is 10.0 Å². The summed E-state index contributed by atoms with van der Waals surface area (Å²) in [5.41, 5.74) is 1.79. The summed E-state index contributed by atoms with van der Waals surface area (Å²) >= 11 is 0. The Bertz CT molecular complexity index is 613. The van der Waals surface area contributed by atoms with Gasteiger partial charge in [0.15, 0.2) is 0 Å². The molecule has 1 N–H and O–H groups in total. The molecule has 21 heavy (non-hydrogen) atoms. The van der Waals surface area contributed by atoms with Crippen LogP contribution in [0, 0.1) is 13.8 Å². The summed E-state index contributed by atoms with van der Waals surface area (Å²) in [6, 6.07) is 5.17. The number of aliphatic hydroxyl groups is 1. The lowest BCUT2D eigenvalue weighted by Gasteiger charge is -2.26. The Morgan fingerprint density at radius 2 is 2.00 bits per heavy atom. The highest BCUT2D eigenvalue weighted by molar-refractivity contribution is 7.89. The molecule has 1 aromatic rings. The number of rotatable bonds is 4. The lowest BCUT2D eigenvalue weighted by Crippen LogP contribution is -2.41. The maximum Gasteiger partial charge on any atom is 0.243 e. The van der Waals surface area contributed by atoms with Crippen molar-refractivity contribution in [3.8, 4) is 0 Å². The highest BCUT2D eigenvalue weighted by Crippen LogP contribution is 2.28. The minimum Gasteiger partial charge on any atom is -0.392 e. The Balaban J connectivity index is 2.37. The molecule has 1 aromatic carbocycles. The predicted molar refractivity (Wildman–Crippen MR) is 82.8 cm³/mol. The van der Waals surface area contributed by atoms with Gasteiger partial charge in [0.1, 0.15) is 0 Å². The molecule has 118 valence electrons. The molecule has 0 bridgehead atoms. The Kier molecular flexibility index (Phi) is 4.72. The fourth-order valence-electron chi connectivity index (χ4n) is 2.96. The lowest BCUT2D eigenvalue weighted by atomic mass is 10.2. The molecule has 1 fully saturated rings. The van der Waals surface area contributed by atoms with Crippen LogP contribution in [0.4, 0.5) is 0 Å². The molecule has 1 aliphatic heterocycles. The molecule has 0 amide bonds. The van der Waals surface area contributed by atoms with Gasteiger partial charge in [-0.3, -0.25) is 0 Å². The van der Waals surface area contributed by atoms with Crippen molar-refractivity contribution < 1.29 is 13.5 Å². The van der Waals surface area contributed by atoms with Gasteiger partial charge in [0.05, 0.1) is 11.0 Å². The van der Waals surface area contributed by atoms with Crippen LogP contribution in [0.5, 0.6) is 0 Å². The van der Waals surface area contributed by atoms with Crippen molar-refractivity contribution in [1.29, 1.82) is 0 Å². The molecular weight excluding hydrogens is 288 g/mol. The van der Waals surface area contributed by atoms with E-state index in [1.54, 1.807) is 6.07 Å². The van der Waals surface area contributed by atoms with Gasteiger partial charge in [0.2, 0.25) is 10.0 Å². The van der Waals surface area contributed by atoms with Gasteiger partial charge in [-0.15, -0.1) is 0 Å². The standard InChI is InChI=1S/C15H24N2O3S/c1-11-5-6-15(12(2)7-11)21(19,20)17-10-14(18)8-13(17)9-16(3)4/h5-7,13-14,18H,8-10H2,1-4H3. The van der Waals surface area contributed by atoms with Gasteiger partial charge in [-0.1, -0.05) is 17.7 Å². The third-order valence-electron chi connectivity index (χ3n) is 3.84. The Labute approximate surface area is 127 Å². The Morgan fingerprint density at radius 3 is 2.57 bits per heavy atom. The van der Waals surface area contributed by atoms with E-state index in [-0.39, 0.29) is 12.6 Å². The van der Waals surface area contributed by atoms with Crippen LogP contribution in [0.15, 0.2) is 23.1 Å². The van der Waals surface area contributed by atoms with Crippen LogP contribution in [-0.4, -0.2) is 62.1 Å². The topological polar surface area (TPSA) is 60.9 Å². The molecule has 5 nitrogen and oxygen atoms in total. The van der Waals surface area contributed by atoms with Crippen molar-refractivity contribution in [3.63, 3.8) is 0 Å². The van der Waals surface area contributed by atoms with Crippen LogP contribution in [0.3, 0.4) is 0 Å². The molecule has 0 saturated carbocycles. The van der Waals surface area contributed by atoms with Gasteiger partial charge in [-0.25, -0.2) is 8.42 Å². The van der Waals surface area contributed by atoms with E-state index in [0.717, 1.165) is 11.1 Å². The highest BCUT2D eigenvalue weighted by Gasteiger charge is 2.40. The van der Waals surface area contributed by atoms with Gasteiger partial charge in [-0.2, -0.15) is 4.31 Å². The van der Waals surface area contributed by atoms with Crippen molar-refractivity contribution in [2.75, 3.05) is 27.2 Å². The zero-order valence-electron chi connectivity index (χ0n) is 13.1. The fourth-order valence-corrected chi connectivity index (χ4v) is 4.83. The second kappa shape index (κ2) is 6.04. The Morgan fingerprint density at radius 1 is 1.33 bits per heavy atom. The second-order valence-electron chi connectivity index (χ2n) is 6.15. The van der Waals surface area contributed by atoms with Crippen molar-refractivity contribution >= 4 is 10.0 Å². The second-order valence-corrected chi connectivity index (χ2v) is 8.01. The predicted octanol–water partition coefficient (Wildman–Crippen LogP) is 0.989. The van der Waals surface area contributed by atoms with Crippen LogP contribution < -0.4 is 0 Å². The molecule has 0 aliphatic carbocycles. The summed E-state index contributed by atoms with van der Waals surface area (Å²) in [6.07, 6.45) is -0.0991. The molecule has 0 radical (unpaired) electrons. The van der Waals surface area contributed by atoms with Gasteiger partial charge in [0, 0.05) is 19.1 Å². The van der Waals surface area contributed by atoms with E-state index in [9.17, 15) is 13.5 Å². The van der Waals surface area contributed by atoms with Crippen LogP contribution in [0.1, 0.15) is 17.5 Å². The van der Waals surface area contributed by atoms with Crippen LogP contribution in [0.2, 0.25) is 0 Å². The van der Waals surface area contributed by atoms with Gasteiger partial charge in [0.25, 0.3) is 0 Å². The van der Waals surface area contributed by atoms with E-state index in [0.29, 0.717) is 17.9 Å². The molecule has 2 atom stereocenters. The van der Waals surface area contributed by atoms with Crippen molar-refractivity contribution in [1.82, 2.24) is 9.21 Å². The molecule has 1 heterocycles. The summed E-state index contributed by atoms with van der Waals surface area (Å²) in [7, 11) is 0.252. The number of hydrogen-bond donors (Lipinski definition) is 1. The maximum atomic E-state index is 12.9. The van der Waals surface area contributed by atoms with Crippen LogP contribution in [0.25, 0.3) is 0 Å². The molecule has 2 rings (SSSR count). The quantitative estimate of drug-likeness (QED) is 0.901. The number of β-amino-alcohol motifs (C(OH)–C–C–N with tert-alkyl or cyclic N) is 1. The maximum absolute atomic E-state index is 12.9. The number of hydrogen-bond acceptors (Lipinski definition) is 4. The zero-order chi connectivity index (χ0) is 15.8. The number of benzene rings is 1. The van der Waals surface area contributed by atoms with Crippen LogP contribution in [-0.2, 0) is 10.0 Å². The average Bonchev–Trinajstić information content (AvgIpc) is 2.69. The van der Waals surface area contributed by atoms with E-state index in [1.807, 2.05) is 45.0 Å². The zero-order valence-corrected chi connectivity index (χ0v) is 13.9. The number of sulfonamides is 1. The minimum atomic E-state index is -3.57. The fraction of sp³-hybridized carbons (Fsp3) is 0.600. The summed E-state index contributed by atoms with van der Waals surface area (Å²) in [5, 5.41) is 9.88. The molecule has 2 unspecified atom stereocenters. The van der Waals surface area contributed by atoms with Gasteiger partial charge in [-0.05, 0) is 46.0 Å². The van der Waals surface area contributed by atoms with E-state index in [2.05, 4.69) is 0 Å². The van der Waals surface area contributed by atoms with E-state index in [4.69, 9.17) is 0 Å². The first-order chi connectivity index (χ1) is 9.71. The molecular formula is C15H24N2O3S. The van der Waals surface area contributed by atoms with Crippen LogP contribution >= 0.6 is 0 Å². The molecule has 0 aromatic heterocycles. The van der Waals surface area contributed by atoms with E-state index >= 15 is 0 Å². The summed E-state index contributed by atoms with van der Waals surface area (Å²) in [4.78, 5) is 2.29. The van der Waals surface area contributed by atoms with Crippen molar-refractivity contribution in [2.24, 2.45) is 0 Å². The Hall–Kier alpha value is -0.950. The molecule has 1 aliphatic rings. The summed E-state index contributed by atoms with van der Waals surface area (Å²) < 4.78 is 27.3. The SMILES string of the molecule is Cc1ccc(S(=O)(=O)N2CC(O)CC2CN(C)C)c(C)c1. The van der Waals surface area contributed by atoms with E-state index in [1.165, 1.54) is 4.31 Å². The number of likely N-dealkylation sites (N-methyl/N-ethyl adjacent to an activating group) is 1. The number of aliphatic hydroxyl groups excluding tert-OH is 1. The number of aryl methyl sites for hydroxylation is 2. The smallest absolute Gasteiger partial charge is 0.243 e. The lowest BCUT2D eigenvalue weighted by molar-refractivity contribution is 0.188.